The average Bonchev–Trinajstić information content (AvgIpc) is 3.47. The van der Waals surface area contributed by atoms with Gasteiger partial charge in [0, 0.05) is 35.8 Å². The van der Waals surface area contributed by atoms with E-state index in [1.54, 1.807) is 18.5 Å². The van der Waals surface area contributed by atoms with Crippen molar-refractivity contribution >= 4 is 22.4 Å². The summed E-state index contributed by atoms with van der Waals surface area (Å²) in [5, 5.41) is 9.06. The lowest BCUT2D eigenvalue weighted by Crippen LogP contribution is -2.12. The normalized spacial score (nSPS) is 12.2. The zero-order valence-electron chi connectivity index (χ0n) is 16.1. The number of carbonyl (C=O) groups excluding carboxylic acids is 1. The Labute approximate surface area is 178 Å². The fourth-order valence-electron chi connectivity index (χ4n) is 3.22. The molecule has 3 heterocycles. The molecule has 4 aromatic rings. The SMILES string of the molecule is Cn1cc(C(=O)Nc2nc(-c3ccc4c(c3)OCO4)cs2)c(-c2ccc(F)cc2F)n1. The molecule has 2 aromatic carbocycles. The van der Waals surface area contributed by atoms with Crippen LogP contribution in [0.1, 0.15) is 10.4 Å². The first-order valence-electron chi connectivity index (χ1n) is 9.14. The molecule has 2 aromatic heterocycles. The van der Waals surface area contributed by atoms with Crippen LogP contribution in [0.5, 0.6) is 11.5 Å². The number of benzene rings is 2. The molecule has 31 heavy (non-hydrogen) atoms. The number of anilines is 1. The summed E-state index contributed by atoms with van der Waals surface area (Å²) in [5.74, 6) is -0.699. The third-order valence-electron chi connectivity index (χ3n) is 4.65. The zero-order valence-corrected chi connectivity index (χ0v) is 16.9. The van der Waals surface area contributed by atoms with Crippen molar-refractivity contribution in [2.75, 3.05) is 12.1 Å². The van der Waals surface area contributed by atoms with E-state index in [4.69, 9.17) is 9.47 Å². The Morgan fingerprint density at radius 3 is 2.84 bits per heavy atom. The van der Waals surface area contributed by atoms with Crippen LogP contribution in [0, 0.1) is 11.6 Å². The molecule has 0 saturated heterocycles. The van der Waals surface area contributed by atoms with Crippen molar-refractivity contribution in [3.8, 4) is 34.0 Å². The number of aryl methyl sites for hydroxylation is 1. The van der Waals surface area contributed by atoms with Gasteiger partial charge in [-0.2, -0.15) is 5.10 Å². The molecule has 5 rings (SSSR count). The monoisotopic (exact) mass is 440 g/mol. The van der Waals surface area contributed by atoms with Crippen LogP contribution in [0.2, 0.25) is 0 Å². The van der Waals surface area contributed by atoms with Gasteiger partial charge in [-0.1, -0.05) is 0 Å². The van der Waals surface area contributed by atoms with E-state index >= 15 is 0 Å². The Kier molecular flexibility index (Phi) is 4.63. The van der Waals surface area contributed by atoms with Gasteiger partial charge in [0.15, 0.2) is 16.6 Å². The van der Waals surface area contributed by atoms with Crippen molar-refractivity contribution in [2.24, 2.45) is 7.05 Å². The lowest BCUT2D eigenvalue weighted by molar-refractivity contribution is 0.102. The molecular weight excluding hydrogens is 426 g/mol. The summed E-state index contributed by atoms with van der Waals surface area (Å²) in [6.45, 7) is 0.180. The lowest BCUT2D eigenvalue weighted by atomic mass is 10.1. The predicted octanol–water partition coefficient (Wildman–Crippen LogP) is 4.47. The van der Waals surface area contributed by atoms with E-state index in [1.807, 2.05) is 12.1 Å². The average molecular weight is 440 g/mol. The van der Waals surface area contributed by atoms with Gasteiger partial charge in [0.1, 0.15) is 17.3 Å². The Bertz CT molecular complexity index is 1320. The smallest absolute Gasteiger partial charge is 0.261 e. The highest BCUT2D eigenvalue weighted by Gasteiger charge is 2.21. The minimum atomic E-state index is -0.799. The molecule has 0 bridgehead atoms. The van der Waals surface area contributed by atoms with Gasteiger partial charge in [-0.25, -0.2) is 13.8 Å². The summed E-state index contributed by atoms with van der Waals surface area (Å²) in [7, 11) is 1.61. The quantitative estimate of drug-likeness (QED) is 0.507. The minimum Gasteiger partial charge on any atom is -0.454 e. The second-order valence-corrected chi connectivity index (χ2v) is 7.61. The topological polar surface area (TPSA) is 78.3 Å². The maximum absolute atomic E-state index is 14.3. The molecule has 1 aliphatic rings. The van der Waals surface area contributed by atoms with E-state index in [9.17, 15) is 13.6 Å². The number of thiazole rings is 1. The highest BCUT2D eigenvalue weighted by atomic mass is 32.1. The summed E-state index contributed by atoms with van der Waals surface area (Å²) in [5.41, 5.74) is 1.77. The van der Waals surface area contributed by atoms with Gasteiger partial charge >= 0.3 is 0 Å². The van der Waals surface area contributed by atoms with Gasteiger partial charge < -0.3 is 9.47 Å². The van der Waals surface area contributed by atoms with E-state index in [2.05, 4.69) is 15.4 Å². The van der Waals surface area contributed by atoms with Gasteiger partial charge in [-0.05, 0) is 30.3 Å². The molecule has 0 fully saturated rings. The summed E-state index contributed by atoms with van der Waals surface area (Å²) in [6.07, 6.45) is 1.47. The van der Waals surface area contributed by atoms with Gasteiger partial charge in [-0.3, -0.25) is 14.8 Å². The summed E-state index contributed by atoms with van der Waals surface area (Å²) in [4.78, 5) is 17.3. The van der Waals surface area contributed by atoms with Crippen molar-refractivity contribution in [1.82, 2.24) is 14.8 Å². The molecule has 0 saturated carbocycles. The highest BCUT2D eigenvalue weighted by Crippen LogP contribution is 2.36. The van der Waals surface area contributed by atoms with Crippen molar-refractivity contribution in [1.29, 1.82) is 0 Å². The van der Waals surface area contributed by atoms with Crippen LogP contribution in [0.25, 0.3) is 22.5 Å². The predicted molar refractivity (Wildman–Crippen MR) is 110 cm³/mol. The molecule has 1 aliphatic heterocycles. The number of nitrogens with one attached hydrogen (secondary N) is 1. The molecule has 156 valence electrons. The molecular formula is C21H14F2N4O3S. The van der Waals surface area contributed by atoms with Crippen LogP contribution in [0.3, 0.4) is 0 Å². The standard InChI is InChI=1S/C21H14F2N4O3S/c1-27-8-14(19(26-27)13-4-3-12(22)7-15(13)23)20(28)25-21-24-16(9-31-21)11-2-5-17-18(6-11)30-10-29-17/h2-9H,10H2,1H3,(H,24,25,28). The van der Waals surface area contributed by atoms with Crippen molar-refractivity contribution in [3.63, 3.8) is 0 Å². The zero-order chi connectivity index (χ0) is 21.5. The Morgan fingerprint density at radius 2 is 2.00 bits per heavy atom. The summed E-state index contributed by atoms with van der Waals surface area (Å²) in [6, 6.07) is 8.60. The number of carbonyl (C=O) groups is 1. The van der Waals surface area contributed by atoms with E-state index in [-0.39, 0.29) is 23.6 Å². The van der Waals surface area contributed by atoms with E-state index < -0.39 is 17.5 Å². The minimum absolute atomic E-state index is 0.0346. The Hall–Kier alpha value is -3.79. The van der Waals surface area contributed by atoms with Gasteiger partial charge in [0.05, 0.1) is 11.3 Å². The number of hydrogen-bond acceptors (Lipinski definition) is 6. The molecule has 0 radical (unpaired) electrons. The van der Waals surface area contributed by atoms with Crippen LogP contribution in [0.15, 0.2) is 48.0 Å². The lowest BCUT2D eigenvalue weighted by Gasteiger charge is -2.04. The Morgan fingerprint density at radius 1 is 1.16 bits per heavy atom. The third-order valence-corrected chi connectivity index (χ3v) is 5.41. The molecule has 0 spiro atoms. The second kappa shape index (κ2) is 7.47. The molecule has 1 amide bonds. The first-order chi connectivity index (χ1) is 15.0. The molecule has 1 N–H and O–H groups in total. The second-order valence-electron chi connectivity index (χ2n) is 6.75. The third kappa shape index (κ3) is 3.61. The number of nitrogens with zero attached hydrogens (tertiary/aromatic N) is 3. The molecule has 10 heteroatoms. The van der Waals surface area contributed by atoms with Crippen molar-refractivity contribution in [2.45, 2.75) is 0 Å². The summed E-state index contributed by atoms with van der Waals surface area (Å²) < 4.78 is 39.6. The highest BCUT2D eigenvalue weighted by molar-refractivity contribution is 7.14. The van der Waals surface area contributed by atoms with Gasteiger partial charge in [-0.15, -0.1) is 11.3 Å². The van der Waals surface area contributed by atoms with E-state index in [1.165, 1.54) is 28.3 Å². The number of fused-ring (bicyclic) bond motifs is 1. The van der Waals surface area contributed by atoms with Crippen molar-refractivity contribution in [3.05, 3.63) is 65.2 Å². The van der Waals surface area contributed by atoms with Gasteiger partial charge in [0.2, 0.25) is 6.79 Å². The number of amides is 1. The largest absolute Gasteiger partial charge is 0.454 e. The first kappa shape index (κ1) is 19.2. The molecule has 0 atom stereocenters. The van der Waals surface area contributed by atoms with Crippen LogP contribution in [-0.4, -0.2) is 27.5 Å². The maximum atomic E-state index is 14.3. The Balaban J connectivity index is 1.40. The van der Waals surface area contributed by atoms with Crippen molar-refractivity contribution < 1.29 is 23.0 Å². The first-order valence-corrected chi connectivity index (χ1v) is 10.0. The van der Waals surface area contributed by atoms with Crippen LogP contribution in [0.4, 0.5) is 13.9 Å². The number of halogens is 2. The number of rotatable bonds is 4. The number of aromatic nitrogens is 3. The van der Waals surface area contributed by atoms with E-state index in [0.29, 0.717) is 22.3 Å². The van der Waals surface area contributed by atoms with Crippen LogP contribution in [-0.2, 0) is 7.05 Å². The fourth-order valence-corrected chi connectivity index (χ4v) is 3.93. The summed E-state index contributed by atoms with van der Waals surface area (Å²) >= 11 is 1.25. The van der Waals surface area contributed by atoms with Crippen LogP contribution >= 0.6 is 11.3 Å². The molecule has 0 unspecified atom stereocenters. The van der Waals surface area contributed by atoms with Gasteiger partial charge in [0.25, 0.3) is 5.91 Å². The van der Waals surface area contributed by atoms with E-state index in [0.717, 1.165) is 17.7 Å². The van der Waals surface area contributed by atoms with Crippen LogP contribution < -0.4 is 14.8 Å². The molecule has 7 nitrogen and oxygen atoms in total. The maximum Gasteiger partial charge on any atom is 0.261 e. The number of ether oxygens (including phenoxy) is 2. The molecule has 0 aliphatic carbocycles. The number of hydrogen-bond donors (Lipinski definition) is 1. The fraction of sp³-hybridized carbons (Fsp3) is 0.0952.